The monoisotopic (exact) mass is 332 g/mol. The van der Waals surface area contributed by atoms with Gasteiger partial charge in [-0.1, -0.05) is 39.2 Å². The van der Waals surface area contributed by atoms with Crippen molar-refractivity contribution in [2.75, 3.05) is 31.6 Å². The molecular formula is C20H32N2O2. The Labute approximate surface area is 146 Å². The molecule has 1 aliphatic rings. The number of likely N-dealkylation sites (tertiary alicyclic amines) is 1. The third-order valence-corrected chi connectivity index (χ3v) is 4.68. The Hall–Kier alpha value is -1.71. The minimum atomic E-state index is 0.188. The number of ether oxygens (including phenoxy) is 1. The number of piperidine rings is 1. The van der Waals surface area contributed by atoms with Gasteiger partial charge in [0.1, 0.15) is 5.75 Å². The first-order valence-electron chi connectivity index (χ1n) is 9.43. The third kappa shape index (κ3) is 6.42. The lowest BCUT2D eigenvalue weighted by atomic mass is 9.99. The fourth-order valence-electron chi connectivity index (χ4n) is 2.96. The van der Waals surface area contributed by atoms with Gasteiger partial charge in [-0.3, -0.25) is 4.79 Å². The second-order valence-electron chi connectivity index (χ2n) is 6.85. The molecule has 0 saturated carbocycles. The van der Waals surface area contributed by atoms with Crippen molar-refractivity contribution in [1.82, 2.24) is 4.90 Å². The fourth-order valence-corrected chi connectivity index (χ4v) is 2.96. The van der Waals surface area contributed by atoms with Gasteiger partial charge in [0.05, 0.1) is 13.2 Å². The highest BCUT2D eigenvalue weighted by atomic mass is 16.5. The van der Waals surface area contributed by atoms with Crippen LogP contribution in [-0.4, -0.2) is 37.0 Å². The number of hydrogen-bond donors (Lipinski definition) is 1. The van der Waals surface area contributed by atoms with Gasteiger partial charge in [-0.05, 0) is 37.3 Å². The van der Waals surface area contributed by atoms with Crippen molar-refractivity contribution in [3.63, 3.8) is 0 Å². The molecule has 1 fully saturated rings. The molecule has 1 saturated heterocycles. The molecule has 1 amide bonds. The zero-order chi connectivity index (χ0) is 17.2. The summed E-state index contributed by atoms with van der Waals surface area (Å²) < 4.78 is 5.79. The van der Waals surface area contributed by atoms with Gasteiger partial charge in [-0.15, -0.1) is 0 Å². The van der Waals surface area contributed by atoms with Crippen molar-refractivity contribution in [3.05, 3.63) is 24.3 Å². The standard InChI is InChI=1S/C20H32N2O2/c1-3-4-5-6-14-24-19-9-7-8-18(15-19)21-16-20(23)22-12-10-17(2)11-13-22/h7-9,15,17,21H,3-6,10-14,16H2,1-2H3. The van der Waals surface area contributed by atoms with Gasteiger partial charge in [0.25, 0.3) is 0 Å². The normalized spacial score (nSPS) is 15.3. The van der Waals surface area contributed by atoms with Gasteiger partial charge in [0.2, 0.25) is 5.91 Å². The van der Waals surface area contributed by atoms with Crippen LogP contribution < -0.4 is 10.1 Å². The highest BCUT2D eigenvalue weighted by Crippen LogP contribution is 2.19. The van der Waals surface area contributed by atoms with E-state index in [9.17, 15) is 4.79 Å². The molecule has 1 aromatic rings. The molecule has 4 heteroatoms. The van der Waals surface area contributed by atoms with Crippen LogP contribution in [0.3, 0.4) is 0 Å². The van der Waals surface area contributed by atoms with E-state index < -0.39 is 0 Å². The summed E-state index contributed by atoms with van der Waals surface area (Å²) in [4.78, 5) is 14.2. The number of benzene rings is 1. The lowest BCUT2D eigenvalue weighted by molar-refractivity contribution is -0.130. The Kier molecular flexibility index (Phi) is 7.93. The molecule has 0 aliphatic carbocycles. The van der Waals surface area contributed by atoms with Gasteiger partial charge < -0.3 is 15.0 Å². The molecule has 134 valence electrons. The lowest BCUT2D eigenvalue weighted by Gasteiger charge is -2.30. The van der Waals surface area contributed by atoms with E-state index in [-0.39, 0.29) is 5.91 Å². The van der Waals surface area contributed by atoms with Crippen LogP contribution in [0.2, 0.25) is 0 Å². The molecule has 0 spiro atoms. The Morgan fingerprint density at radius 2 is 2.04 bits per heavy atom. The van der Waals surface area contributed by atoms with Gasteiger partial charge in [-0.25, -0.2) is 0 Å². The molecule has 1 aromatic carbocycles. The Balaban J connectivity index is 1.72. The van der Waals surface area contributed by atoms with Crippen LogP contribution in [0.5, 0.6) is 5.75 Å². The van der Waals surface area contributed by atoms with E-state index in [0.717, 1.165) is 56.3 Å². The number of carbonyl (C=O) groups excluding carboxylic acids is 1. The molecule has 0 unspecified atom stereocenters. The van der Waals surface area contributed by atoms with E-state index in [1.54, 1.807) is 0 Å². The Morgan fingerprint density at radius 3 is 2.79 bits per heavy atom. The third-order valence-electron chi connectivity index (χ3n) is 4.68. The van der Waals surface area contributed by atoms with Crippen molar-refractivity contribution in [2.24, 2.45) is 5.92 Å². The van der Waals surface area contributed by atoms with Crippen LogP contribution in [0, 0.1) is 5.92 Å². The summed E-state index contributed by atoms with van der Waals surface area (Å²) in [6.45, 7) is 7.36. The number of nitrogens with one attached hydrogen (secondary N) is 1. The van der Waals surface area contributed by atoms with Crippen molar-refractivity contribution >= 4 is 11.6 Å². The molecule has 0 radical (unpaired) electrons. The van der Waals surface area contributed by atoms with Crippen LogP contribution in [0.25, 0.3) is 0 Å². The van der Waals surface area contributed by atoms with Crippen molar-refractivity contribution < 1.29 is 9.53 Å². The summed E-state index contributed by atoms with van der Waals surface area (Å²) in [5, 5.41) is 3.23. The summed E-state index contributed by atoms with van der Waals surface area (Å²) in [6.07, 6.45) is 7.06. The minimum absolute atomic E-state index is 0.188. The van der Waals surface area contributed by atoms with E-state index in [1.807, 2.05) is 29.2 Å². The quantitative estimate of drug-likeness (QED) is 0.685. The van der Waals surface area contributed by atoms with Gasteiger partial charge in [0, 0.05) is 24.8 Å². The number of anilines is 1. The molecule has 2 rings (SSSR count). The Bertz CT molecular complexity index is 496. The summed E-state index contributed by atoms with van der Waals surface area (Å²) in [5.74, 6) is 1.80. The lowest BCUT2D eigenvalue weighted by Crippen LogP contribution is -2.40. The first kappa shape index (κ1) is 18.6. The number of hydrogen-bond acceptors (Lipinski definition) is 3. The number of amides is 1. The van der Waals surface area contributed by atoms with Gasteiger partial charge in [0.15, 0.2) is 0 Å². The van der Waals surface area contributed by atoms with E-state index in [2.05, 4.69) is 19.2 Å². The maximum atomic E-state index is 12.3. The average Bonchev–Trinajstić information content (AvgIpc) is 2.60. The number of unbranched alkanes of at least 4 members (excludes halogenated alkanes) is 3. The molecule has 1 N–H and O–H groups in total. The Morgan fingerprint density at radius 1 is 1.25 bits per heavy atom. The molecule has 24 heavy (non-hydrogen) atoms. The molecule has 1 aliphatic heterocycles. The fraction of sp³-hybridized carbons (Fsp3) is 0.650. The zero-order valence-electron chi connectivity index (χ0n) is 15.2. The van der Waals surface area contributed by atoms with Crippen LogP contribution in [0.4, 0.5) is 5.69 Å². The van der Waals surface area contributed by atoms with Gasteiger partial charge >= 0.3 is 0 Å². The summed E-state index contributed by atoms with van der Waals surface area (Å²) in [5.41, 5.74) is 0.944. The smallest absolute Gasteiger partial charge is 0.241 e. The predicted octanol–water partition coefficient (Wildman–Crippen LogP) is 4.32. The largest absolute Gasteiger partial charge is 0.494 e. The van der Waals surface area contributed by atoms with Crippen molar-refractivity contribution in [1.29, 1.82) is 0 Å². The minimum Gasteiger partial charge on any atom is -0.494 e. The second-order valence-corrected chi connectivity index (χ2v) is 6.85. The molecule has 0 aromatic heterocycles. The zero-order valence-corrected chi connectivity index (χ0v) is 15.2. The van der Waals surface area contributed by atoms with E-state index in [1.165, 1.54) is 19.3 Å². The summed E-state index contributed by atoms with van der Waals surface area (Å²) in [6, 6.07) is 7.90. The molecule has 1 heterocycles. The summed E-state index contributed by atoms with van der Waals surface area (Å²) >= 11 is 0. The maximum Gasteiger partial charge on any atom is 0.241 e. The van der Waals surface area contributed by atoms with Gasteiger partial charge in [-0.2, -0.15) is 0 Å². The van der Waals surface area contributed by atoms with Crippen molar-refractivity contribution in [3.8, 4) is 5.75 Å². The first-order chi connectivity index (χ1) is 11.7. The topological polar surface area (TPSA) is 41.6 Å². The van der Waals surface area contributed by atoms with Crippen LogP contribution in [0.1, 0.15) is 52.4 Å². The SMILES string of the molecule is CCCCCCOc1cccc(NCC(=O)N2CCC(C)CC2)c1. The number of rotatable bonds is 9. The molecule has 0 atom stereocenters. The number of nitrogens with zero attached hydrogens (tertiary/aromatic N) is 1. The van der Waals surface area contributed by atoms with Crippen molar-refractivity contribution in [2.45, 2.75) is 52.4 Å². The molecule has 0 bridgehead atoms. The first-order valence-corrected chi connectivity index (χ1v) is 9.43. The van der Waals surface area contributed by atoms with Crippen LogP contribution in [0.15, 0.2) is 24.3 Å². The summed E-state index contributed by atoms with van der Waals surface area (Å²) in [7, 11) is 0. The highest BCUT2D eigenvalue weighted by Gasteiger charge is 2.19. The van der Waals surface area contributed by atoms with E-state index >= 15 is 0 Å². The van der Waals surface area contributed by atoms with Crippen LogP contribution >= 0.6 is 0 Å². The molecule has 4 nitrogen and oxygen atoms in total. The maximum absolute atomic E-state index is 12.3. The van der Waals surface area contributed by atoms with Crippen LogP contribution in [-0.2, 0) is 4.79 Å². The number of carbonyl (C=O) groups is 1. The predicted molar refractivity (Wildman–Crippen MR) is 99.5 cm³/mol. The highest BCUT2D eigenvalue weighted by molar-refractivity contribution is 5.81. The second kappa shape index (κ2) is 10.2. The molecular weight excluding hydrogens is 300 g/mol. The van der Waals surface area contributed by atoms with E-state index in [4.69, 9.17) is 4.74 Å². The average molecular weight is 332 g/mol. The van der Waals surface area contributed by atoms with E-state index in [0.29, 0.717) is 6.54 Å².